The minimum absolute atomic E-state index is 0.141. The molecule has 1 fully saturated rings. The van der Waals surface area contributed by atoms with Crippen molar-refractivity contribution in [3.8, 4) is 0 Å². The topological polar surface area (TPSA) is 78.6 Å². The van der Waals surface area contributed by atoms with Crippen LogP contribution in [0.25, 0.3) is 0 Å². The van der Waals surface area contributed by atoms with E-state index in [-0.39, 0.29) is 6.04 Å². The molecule has 1 saturated heterocycles. The molecule has 1 aliphatic rings. The monoisotopic (exact) mass is 263 g/mol. The molecule has 104 valence electrons. The fraction of sp³-hybridized carbons (Fsp3) is 0.500. The first-order valence-corrected chi connectivity index (χ1v) is 6.69. The van der Waals surface area contributed by atoms with Gasteiger partial charge in [0, 0.05) is 31.7 Å². The Morgan fingerprint density at radius 1 is 1.37 bits per heavy atom. The zero-order valence-electron chi connectivity index (χ0n) is 11.0. The highest BCUT2D eigenvalue weighted by Gasteiger charge is 2.24. The van der Waals surface area contributed by atoms with Crippen LogP contribution in [0.15, 0.2) is 30.3 Å². The maximum absolute atomic E-state index is 10.8. The van der Waals surface area contributed by atoms with Crippen LogP contribution in [0.1, 0.15) is 24.4 Å². The Balaban J connectivity index is 1.89. The van der Waals surface area contributed by atoms with Crippen LogP contribution in [0.5, 0.6) is 0 Å². The van der Waals surface area contributed by atoms with Gasteiger partial charge in [-0.25, -0.2) is 4.79 Å². The van der Waals surface area contributed by atoms with E-state index in [9.17, 15) is 4.79 Å². The fourth-order valence-electron chi connectivity index (χ4n) is 2.51. The Morgan fingerprint density at radius 3 is 2.53 bits per heavy atom. The molecule has 0 saturated carbocycles. The molecule has 0 aromatic heterocycles. The molecule has 19 heavy (non-hydrogen) atoms. The van der Waals surface area contributed by atoms with Crippen molar-refractivity contribution in [2.75, 3.05) is 19.6 Å². The van der Waals surface area contributed by atoms with Gasteiger partial charge in [0.2, 0.25) is 0 Å². The van der Waals surface area contributed by atoms with E-state index in [0.29, 0.717) is 25.7 Å². The molecule has 4 N–H and O–H groups in total. The van der Waals surface area contributed by atoms with Gasteiger partial charge in [-0.15, -0.1) is 0 Å². The van der Waals surface area contributed by atoms with Crippen molar-refractivity contribution in [1.82, 2.24) is 10.2 Å². The van der Waals surface area contributed by atoms with Gasteiger partial charge in [0.15, 0.2) is 0 Å². The Kier molecular flexibility index (Phi) is 4.76. The quantitative estimate of drug-likeness (QED) is 0.767. The van der Waals surface area contributed by atoms with Crippen molar-refractivity contribution in [1.29, 1.82) is 0 Å². The van der Waals surface area contributed by atoms with Gasteiger partial charge in [0.05, 0.1) is 0 Å². The molecule has 0 spiro atoms. The van der Waals surface area contributed by atoms with Crippen LogP contribution in [-0.4, -0.2) is 41.8 Å². The van der Waals surface area contributed by atoms with Gasteiger partial charge in [-0.05, 0) is 18.4 Å². The van der Waals surface area contributed by atoms with E-state index in [4.69, 9.17) is 10.8 Å². The highest BCUT2D eigenvalue weighted by molar-refractivity contribution is 5.65. The van der Waals surface area contributed by atoms with Gasteiger partial charge in [0.1, 0.15) is 0 Å². The third-order valence-corrected chi connectivity index (χ3v) is 3.64. The minimum atomic E-state index is -0.822. The lowest BCUT2D eigenvalue weighted by Gasteiger charge is -2.33. The van der Waals surface area contributed by atoms with Crippen LogP contribution in [0.2, 0.25) is 0 Å². The maximum atomic E-state index is 10.8. The molecule has 0 bridgehead atoms. The second-order valence-electron chi connectivity index (χ2n) is 4.91. The van der Waals surface area contributed by atoms with Crippen molar-refractivity contribution in [2.45, 2.75) is 24.9 Å². The number of rotatable bonds is 4. The van der Waals surface area contributed by atoms with E-state index < -0.39 is 6.09 Å². The van der Waals surface area contributed by atoms with Gasteiger partial charge in [-0.1, -0.05) is 30.3 Å². The molecular formula is C14H21N3O2. The molecule has 1 atom stereocenters. The average molecular weight is 263 g/mol. The van der Waals surface area contributed by atoms with Crippen LogP contribution >= 0.6 is 0 Å². The molecule has 2 rings (SSSR count). The van der Waals surface area contributed by atoms with Crippen molar-refractivity contribution in [3.63, 3.8) is 0 Å². The standard InChI is InChI=1S/C14H21N3O2/c15-10-13(11-4-2-1-3-5-11)16-12-6-8-17(9-7-12)14(18)19/h1-5,12-13,16H,6-10,15H2,(H,18,19)/t13-/m0/s1. The molecule has 5 nitrogen and oxygen atoms in total. The Hall–Kier alpha value is -1.59. The lowest BCUT2D eigenvalue weighted by atomic mass is 10.0. The molecular weight excluding hydrogens is 242 g/mol. The van der Waals surface area contributed by atoms with E-state index in [1.54, 1.807) is 0 Å². The number of nitrogens with one attached hydrogen (secondary N) is 1. The number of likely N-dealkylation sites (tertiary alicyclic amines) is 1. The number of carbonyl (C=O) groups is 1. The van der Waals surface area contributed by atoms with Gasteiger partial charge >= 0.3 is 6.09 Å². The minimum Gasteiger partial charge on any atom is -0.465 e. The van der Waals surface area contributed by atoms with Crippen LogP contribution in [0.4, 0.5) is 4.79 Å². The first-order chi connectivity index (χ1) is 9.20. The molecule has 0 aliphatic carbocycles. The average Bonchev–Trinajstić information content (AvgIpc) is 2.46. The summed E-state index contributed by atoms with van der Waals surface area (Å²) in [5.41, 5.74) is 7.02. The summed E-state index contributed by atoms with van der Waals surface area (Å²) in [4.78, 5) is 12.3. The molecule has 1 aromatic rings. The van der Waals surface area contributed by atoms with E-state index in [1.165, 1.54) is 10.5 Å². The van der Waals surface area contributed by atoms with Crippen molar-refractivity contribution < 1.29 is 9.90 Å². The number of amides is 1. The first kappa shape index (κ1) is 13.8. The molecule has 1 aromatic carbocycles. The van der Waals surface area contributed by atoms with E-state index >= 15 is 0 Å². The summed E-state index contributed by atoms with van der Waals surface area (Å²) in [6.45, 7) is 1.74. The van der Waals surface area contributed by atoms with E-state index in [0.717, 1.165) is 12.8 Å². The van der Waals surface area contributed by atoms with Crippen LogP contribution < -0.4 is 11.1 Å². The van der Waals surface area contributed by atoms with Gasteiger partial charge in [-0.3, -0.25) is 0 Å². The van der Waals surface area contributed by atoms with Gasteiger partial charge in [-0.2, -0.15) is 0 Å². The highest BCUT2D eigenvalue weighted by Crippen LogP contribution is 2.17. The summed E-state index contributed by atoms with van der Waals surface area (Å²) in [5, 5.41) is 12.5. The van der Waals surface area contributed by atoms with E-state index in [1.807, 2.05) is 18.2 Å². The summed E-state index contributed by atoms with van der Waals surface area (Å²) in [6, 6.07) is 10.6. The Labute approximate surface area is 113 Å². The summed E-state index contributed by atoms with van der Waals surface area (Å²) in [5.74, 6) is 0. The Bertz CT molecular complexity index is 402. The third-order valence-electron chi connectivity index (χ3n) is 3.64. The highest BCUT2D eigenvalue weighted by atomic mass is 16.4. The number of nitrogens with zero attached hydrogens (tertiary/aromatic N) is 1. The number of nitrogens with two attached hydrogens (primary N) is 1. The summed E-state index contributed by atoms with van der Waals surface area (Å²) < 4.78 is 0. The molecule has 0 radical (unpaired) electrons. The maximum Gasteiger partial charge on any atom is 0.407 e. The van der Waals surface area contributed by atoms with Gasteiger partial charge in [0.25, 0.3) is 0 Å². The largest absolute Gasteiger partial charge is 0.465 e. The predicted octanol–water partition coefficient (Wildman–Crippen LogP) is 1.42. The van der Waals surface area contributed by atoms with Gasteiger partial charge < -0.3 is 21.1 Å². The summed E-state index contributed by atoms with van der Waals surface area (Å²) >= 11 is 0. The van der Waals surface area contributed by atoms with Crippen molar-refractivity contribution in [3.05, 3.63) is 35.9 Å². The molecule has 1 aliphatic heterocycles. The Morgan fingerprint density at radius 2 is 2.00 bits per heavy atom. The zero-order chi connectivity index (χ0) is 13.7. The number of benzene rings is 1. The second-order valence-corrected chi connectivity index (χ2v) is 4.91. The van der Waals surface area contributed by atoms with Crippen LogP contribution in [0.3, 0.4) is 0 Å². The zero-order valence-corrected chi connectivity index (χ0v) is 11.0. The smallest absolute Gasteiger partial charge is 0.407 e. The van der Waals surface area contributed by atoms with Crippen molar-refractivity contribution in [2.24, 2.45) is 5.73 Å². The van der Waals surface area contributed by atoms with Crippen LogP contribution in [0, 0.1) is 0 Å². The number of hydrogen-bond acceptors (Lipinski definition) is 3. The fourth-order valence-corrected chi connectivity index (χ4v) is 2.51. The number of piperidine rings is 1. The summed E-state index contributed by atoms with van der Waals surface area (Å²) in [7, 11) is 0. The number of carboxylic acid groups (broad SMARTS) is 1. The van der Waals surface area contributed by atoms with Crippen LogP contribution in [-0.2, 0) is 0 Å². The van der Waals surface area contributed by atoms with E-state index in [2.05, 4.69) is 17.4 Å². The molecule has 5 heteroatoms. The lowest BCUT2D eigenvalue weighted by Crippen LogP contribution is -2.46. The molecule has 1 amide bonds. The number of hydrogen-bond donors (Lipinski definition) is 3. The predicted molar refractivity (Wildman–Crippen MR) is 74.0 cm³/mol. The molecule has 0 unspecified atom stereocenters. The third kappa shape index (κ3) is 3.68. The normalized spacial score (nSPS) is 18.3. The first-order valence-electron chi connectivity index (χ1n) is 6.69. The summed E-state index contributed by atoms with van der Waals surface area (Å²) in [6.07, 6.45) is 0.863. The lowest BCUT2D eigenvalue weighted by molar-refractivity contribution is 0.127. The molecule has 1 heterocycles. The second kappa shape index (κ2) is 6.54. The van der Waals surface area contributed by atoms with Crippen molar-refractivity contribution >= 4 is 6.09 Å². The SMILES string of the molecule is NC[C@H](NC1CCN(C(=O)O)CC1)c1ccccc1.